The van der Waals surface area contributed by atoms with Crippen molar-refractivity contribution in [1.82, 2.24) is 14.7 Å². The van der Waals surface area contributed by atoms with Crippen LogP contribution in [0.4, 0.5) is 14.5 Å². The van der Waals surface area contributed by atoms with Crippen LogP contribution < -0.4 is 15.0 Å². The number of nitrogens with zero attached hydrogens (tertiary/aromatic N) is 3. The molecule has 5 rings (SSSR count). The zero-order valence-electron chi connectivity index (χ0n) is 19.4. The molecule has 35 heavy (non-hydrogen) atoms. The van der Waals surface area contributed by atoms with Crippen molar-refractivity contribution in [1.29, 1.82) is 0 Å². The number of rotatable bonds is 7. The molecule has 1 fully saturated rings. The number of ether oxygens (including phenoxy) is 1. The van der Waals surface area contributed by atoms with E-state index in [-0.39, 0.29) is 11.8 Å². The van der Waals surface area contributed by atoms with Crippen molar-refractivity contribution >= 4 is 17.2 Å². The monoisotopic (exact) mass is 476 g/mol. The normalized spacial score (nSPS) is 15.5. The van der Waals surface area contributed by atoms with Crippen molar-refractivity contribution in [3.63, 3.8) is 0 Å². The lowest BCUT2D eigenvalue weighted by atomic mass is 10.1. The number of imidazole rings is 1. The number of aromatic nitrogens is 2. The lowest BCUT2D eigenvalue weighted by molar-refractivity contribution is 0.0948. The van der Waals surface area contributed by atoms with Gasteiger partial charge in [-0.2, -0.15) is 0 Å². The summed E-state index contributed by atoms with van der Waals surface area (Å²) in [6.07, 6.45) is 4.83. The average Bonchev–Trinajstić information content (AvgIpc) is 3.50. The van der Waals surface area contributed by atoms with Crippen molar-refractivity contribution in [2.45, 2.75) is 20.0 Å². The smallest absolute Gasteiger partial charge is 0.251 e. The first kappa shape index (κ1) is 22.8. The van der Waals surface area contributed by atoms with Gasteiger partial charge in [0, 0.05) is 49.3 Å². The van der Waals surface area contributed by atoms with Crippen LogP contribution in [-0.2, 0) is 6.61 Å². The Morgan fingerprint density at radius 1 is 1.09 bits per heavy atom. The summed E-state index contributed by atoms with van der Waals surface area (Å²) in [5.41, 5.74) is 4.07. The number of nitrogens with one attached hydrogen (secondary N) is 1. The number of hydrogen-bond acceptors (Lipinski definition) is 4. The van der Waals surface area contributed by atoms with Crippen LogP contribution in [0.15, 0.2) is 67.0 Å². The molecule has 0 spiro atoms. The molecule has 1 atom stereocenters. The van der Waals surface area contributed by atoms with Gasteiger partial charge in [-0.1, -0.05) is 6.07 Å². The van der Waals surface area contributed by atoms with E-state index in [0.29, 0.717) is 36.7 Å². The molecule has 1 amide bonds. The van der Waals surface area contributed by atoms with Gasteiger partial charge in [-0.25, -0.2) is 13.8 Å². The van der Waals surface area contributed by atoms with Gasteiger partial charge in [-0.15, -0.1) is 0 Å². The predicted molar refractivity (Wildman–Crippen MR) is 130 cm³/mol. The number of aryl methyl sites for hydroxylation is 1. The second kappa shape index (κ2) is 9.74. The van der Waals surface area contributed by atoms with E-state index in [1.165, 1.54) is 6.07 Å². The highest BCUT2D eigenvalue weighted by Crippen LogP contribution is 2.25. The summed E-state index contributed by atoms with van der Waals surface area (Å²) in [5.74, 6) is -0.950. The molecule has 180 valence electrons. The van der Waals surface area contributed by atoms with E-state index >= 15 is 0 Å². The number of fused-ring (bicyclic) bond motifs is 1. The maximum absolute atomic E-state index is 13.5. The summed E-state index contributed by atoms with van der Waals surface area (Å²) < 4.78 is 34.5. The number of anilines is 1. The molecule has 0 saturated carbocycles. The third kappa shape index (κ3) is 5.26. The van der Waals surface area contributed by atoms with Gasteiger partial charge >= 0.3 is 0 Å². The molecule has 1 aliphatic heterocycles. The average molecular weight is 477 g/mol. The Kier molecular flexibility index (Phi) is 6.35. The molecule has 0 aliphatic carbocycles. The van der Waals surface area contributed by atoms with Crippen LogP contribution in [0.1, 0.15) is 28.0 Å². The Hall–Kier alpha value is -3.94. The minimum atomic E-state index is -0.849. The van der Waals surface area contributed by atoms with E-state index in [1.807, 2.05) is 40.8 Å². The van der Waals surface area contributed by atoms with Crippen LogP contribution in [0.5, 0.6) is 5.75 Å². The van der Waals surface area contributed by atoms with Crippen LogP contribution in [0, 0.1) is 24.5 Å². The first-order valence-corrected chi connectivity index (χ1v) is 11.6. The van der Waals surface area contributed by atoms with Gasteiger partial charge in [0.15, 0.2) is 11.6 Å². The van der Waals surface area contributed by atoms with Crippen LogP contribution >= 0.6 is 0 Å². The summed E-state index contributed by atoms with van der Waals surface area (Å²) in [7, 11) is 0. The fourth-order valence-corrected chi connectivity index (χ4v) is 4.34. The highest BCUT2D eigenvalue weighted by molar-refractivity contribution is 5.94. The molecule has 1 N–H and O–H groups in total. The molecule has 2 aromatic carbocycles. The minimum Gasteiger partial charge on any atom is -0.487 e. The molecule has 0 bridgehead atoms. The number of hydrogen-bond donors (Lipinski definition) is 1. The van der Waals surface area contributed by atoms with Gasteiger partial charge in [0.25, 0.3) is 5.91 Å². The summed E-state index contributed by atoms with van der Waals surface area (Å²) in [6, 6.07) is 15.0. The Labute approximate surface area is 202 Å². The van der Waals surface area contributed by atoms with E-state index in [9.17, 15) is 13.6 Å². The van der Waals surface area contributed by atoms with Gasteiger partial charge in [0.2, 0.25) is 0 Å². The van der Waals surface area contributed by atoms with Crippen LogP contribution in [0.2, 0.25) is 0 Å². The number of carbonyl (C=O) groups is 1. The Bertz CT molecular complexity index is 1350. The molecule has 1 saturated heterocycles. The first-order valence-electron chi connectivity index (χ1n) is 11.6. The summed E-state index contributed by atoms with van der Waals surface area (Å²) in [5, 5.41) is 2.98. The van der Waals surface area contributed by atoms with Crippen molar-refractivity contribution in [3.05, 3.63) is 95.4 Å². The maximum atomic E-state index is 13.5. The zero-order chi connectivity index (χ0) is 24.4. The second-order valence-electron chi connectivity index (χ2n) is 8.93. The Balaban J connectivity index is 1.10. The largest absolute Gasteiger partial charge is 0.487 e. The van der Waals surface area contributed by atoms with Gasteiger partial charge in [0.1, 0.15) is 18.0 Å². The van der Waals surface area contributed by atoms with Gasteiger partial charge in [-0.3, -0.25) is 4.79 Å². The lowest BCUT2D eigenvalue weighted by Gasteiger charge is -2.19. The molecule has 2 aromatic heterocycles. The highest BCUT2D eigenvalue weighted by Gasteiger charge is 2.24. The van der Waals surface area contributed by atoms with E-state index in [4.69, 9.17) is 4.74 Å². The van der Waals surface area contributed by atoms with Crippen molar-refractivity contribution in [2.75, 3.05) is 24.5 Å². The topological polar surface area (TPSA) is 58.9 Å². The number of benzene rings is 2. The second-order valence-corrected chi connectivity index (χ2v) is 8.93. The molecule has 8 heteroatoms. The summed E-state index contributed by atoms with van der Waals surface area (Å²) in [4.78, 5) is 19.1. The lowest BCUT2D eigenvalue weighted by Crippen LogP contribution is -2.31. The molecule has 6 nitrogen and oxygen atoms in total. The number of carbonyl (C=O) groups excluding carboxylic acids is 1. The molecule has 3 heterocycles. The van der Waals surface area contributed by atoms with Gasteiger partial charge < -0.3 is 19.4 Å². The van der Waals surface area contributed by atoms with E-state index in [2.05, 4.69) is 10.3 Å². The van der Waals surface area contributed by atoms with E-state index in [1.54, 1.807) is 30.3 Å². The molecular weight excluding hydrogens is 450 g/mol. The SMILES string of the molecule is Cc1ccc2nc(COc3ccc(C(=O)NCC4CCN(c5ccc(F)c(F)c5)C4)cc3)cn2c1. The summed E-state index contributed by atoms with van der Waals surface area (Å²) in [6.45, 7) is 4.31. The maximum Gasteiger partial charge on any atom is 0.251 e. The minimum absolute atomic E-state index is 0.154. The van der Waals surface area contributed by atoms with E-state index < -0.39 is 11.6 Å². The van der Waals surface area contributed by atoms with Crippen molar-refractivity contribution in [3.8, 4) is 5.75 Å². The quantitative estimate of drug-likeness (QED) is 0.418. The van der Waals surface area contributed by atoms with E-state index in [0.717, 1.165) is 35.9 Å². The molecule has 1 aliphatic rings. The van der Waals surface area contributed by atoms with Crippen LogP contribution in [0.3, 0.4) is 0 Å². The Morgan fingerprint density at radius 2 is 1.91 bits per heavy atom. The number of amides is 1. The van der Waals surface area contributed by atoms with Gasteiger partial charge in [-0.05, 0) is 67.3 Å². The zero-order valence-corrected chi connectivity index (χ0v) is 19.4. The van der Waals surface area contributed by atoms with Crippen LogP contribution in [-0.4, -0.2) is 34.9 Å². The third-order valence-corrected chi connectivity index (χ3v) is 6.26. The van der Waals surface area contributed by atoms with Crippen molar-refractivity contribution < 1.29 is 18.3 Å². The van der Waals surface area contributed by atoms with Crippen molar-refractivity contribution in [2.24, 2.45) is 5.92 Å². The highest BCUT2D eigenvalue weighted by atomic mass is 19.2. The predicted octanol–water partition coefficient (Wildman–Crippen LogP) is 4.76. The first-order chi connectivity index (χ1) is 16.9. The molecule has 1 unspecified atom stereocenters. The number of halogens is 2. The fraction of sp³-hybridized carbons (Fsp3) is 0.259. The number of pyridine rings is 1. The molecular formula is C27H26F2N4O2. The molecule has 4 aromatic rings. The van der Waals surface area contributed by atoms with Gasteiger partial charge in [0.05, 0.1) is 5.69 Å². The molecule has 0 radical (unpaired) electrons. The Morgan fingerprint density at radius 3 is 2.71 bits per heavy atom. The van der Waals surface area contributed by atoms with Crippen LogP contribution in [0.25, 0.3) is 5.65 Å². The fourth-order valence-electron chi connectivity index (χ4n) is 4.34. The standard InChI is InChI=1S/C27H26F2N4O2/c1-18-2-9-26-31-21(16-33(26)14-18)17-35-23-6-3-20(4-7-23)27(34)30-13-19-10-11-32(15-19)22-5-8-24(28)25(29)12-22/h2-9,12,14,16,19H,10-11,13,15,17H2,1H3,(H,30,34). The third-order valence-electron chi connectivity index (χ3n) is 6.26. The summed E-state index contributed by atoms with van der Waals surface area (Å²) >= 11 is 0.